The third-order valence-corrected chi connectivity index (χ3v) is 11.1. The summed E-state index contributed by atoms with van der Waals surface area (Å²) in [6.07, 6.45) is 0. The summed E-state index contributed by atoms with van der Waals surface area (Å²) in [6, 6.07) is 64.3. The summed E-state index contributed by atoms with van der Waals surface area (Å²) in [7, 11) is 0. The molecule has 8 aromatic carbocycles. The summed E-state index contributed by atoms with van der Waals surface area (Å²) in [6.45, 7) is 4.23. The van der Waals surface area contributed by atoms with E-state index in [1.165, 1.54) is 11.1 Å². The molecular formula is C52H34N4. The van der Waals surface area contributed by atoms with Crippen molar-refractivity contribution in [3.63, 3.8) is 0 Å². The van der Waals surface area contributed by atoms with Gasteiger partial charge >= 0.3 is 0 Å². The van der Waals surface area contributed by atoms with E-state index in [1.807, 2.05) is 24.3 Å². The van der Waals surface area contributed by atoms with Gasteiger partial charge in [0, 0.05) is 21.5 Å². The van der Waals surface area contributed by atoms with Gasteiger partial charge in [-0.25, -0.2) is 0 Å². The van der Waals surface area contributed by atoms with Crippen molar-refractivity contribution >= 4 is 43.6 Å². The lowest BCUT2D eigenvalue weighted by Gasteiger charge is -2.15. The number of nitriles is 2. The first-order valence-corrected chi connectivity index (χ1v) is 18.8. The van der Waals surface area contributed by atoms with E-state index < -0.39 is 0 Å². The van der Waals surface area contributed by atoms with Crippen LogP contribution in [0, 0.1) is 36.5 Å². The second kappa shape index (κ2) is 13.0. The zero-order valence-electron chi connectivity index (χ0n) is 31.0. The van der Waals surface area contributed by atoms with E-state index in [-0.39, 0.29) is 0 Å². The Kier molecular flexibility index (Phi) is 7.66. The van der Waals surface area contributed by atoms with E-state index in [0.29, 0.717) is 11.1 Å². The Balaban J connectivity index is 1.19. The molecule has 0 bridgehead atoms. The van der Waals surface area contributed by atoms with Crippen LogP contribution in [0.25, 0.3) is 88.4 Å². The second-order valence-electron chi connectivity index (χ2n) is 14.6. The van der Waals surface area contributed by atoms with Gasteiger partial charge in [-0.2, -0.15) is 10.5 Å². The highest BCUT2D eigenvalue weighted by atomic mass is 15.0. The fraction of sp³-hybridized carbons (Fsp3) is 0.0385. The Morgan fingerprint density at radius 2 is 0.714 bits per heavy atom. The quantitative estimate of drug-likeness (QED) is 0.178. The van der Waals surface area contributed by atoms with Crippen molar-refractivity contribution in [3.05, 3.63) is 192 Å². The smallest absolute Gasteiger partial charge is 0.101 e. The van der Waals surface area contributed by atoms with Crippen molar-refractivity contribution in [1.29, 1.82) is 10.5 Å². The normalized spacial score (nSPS) is 11.4. The Labute approximate surface area is 325 Å². The molecule has 10 rings (SSSR count). The summed E-state index contributed by atoms with van der Waals surface area (Å²) < 4.78 is 4.47. The van der Waals surface area contributed by atoms with Crippen LogP contribution in [0.1, 0.15) is 22.3 Å². The molecule has 0 saturated carbocycles. The Morgan fingerprint density at radius 1 is 0.339 bits per heavy atom. The molecular weight excluding hydrogens is 681 g/mol. The van der Waals surface area contributed by atoms with Gasteiger partial charge in [-0.15, -0.1) is 0 Å². The minimum atomic E-state index is 0.581. The standard InChI is InChI=1S/C52H34N4/c1-33-9-7-11-35(25-33)39-21-23-45-43-13-3-5-15-47(43)55(51(45)29-39)49-27-37(17-19-41(49)31-53)38-18-20-42(32-54)50(28-38)56-48-16-6-4-14-44(48)46-24-22-40(30-52(46)56)36-12-8-10-34(2)26-36/h3-30H,1-2H3. The lowest BCUT2D eigenvalue weighted by Crippen LogP contribution is -2.00. The summed E-state index contributed by atoms with van der Waals surface area (Å²) in [5.41, 5.74) is 15.8. The molecule has 2 heterocycles. The number of hydrogen-bond acceptors (Lipinski definition) is 2. The van der Waals surface area contributed by atoms with E-state index in [9.17, 15) is 10.5 Å². The highest BCUT2D eigenvalue weighted by molar-refractivity contribution is 6.11. The SMILES string of the molecule is Cc1cccc(-c2ccc3c4ccccc4n(-c4cc(-c5ccc(C#N)c(-n6c7ccccc7c7ccc(-c8cccc(C)c8)cc76)c5)ccc4C#N)c3c2)c1. The van der Waals surface area contributed by atoms with Gasteiger partial charge in [-0.1, -0.05) is 132 Å². The predicted octanol–water partition coefficient (Wildman–Crippen LogP) is 13.2. The molecule has 0 N–H and O–H groups in total. The molecule has 56 heavy (non-hydrogen) atoms. The average molecular weight is 715 g/mol. The van der Waals surface area contributed by atoms with Crippen molar-refractivity contribution in [2.75, 3.05) is 0 Å². The first-order chi connectivity index (χ1) is 27.5. The van der Waals surface area contributed by atoms with Crippen molar-refractivity contribution in [2.24, 2.45) is 0 Å². The third kappa shape index (κ3) is 5.28. The summed E-state index contributed by atoms with van der Waals surface area (Å²) in [5.74, 6) is 0. The van der Waals surface area contributed by atoms with Crippen LogP contribution in [0.2, 0.25) is 0 Å². The molecule has 10 aromatic rings. The lowest BCUT2D eigenvalue weighted by molar-refractivity contribution is 1.16. The van der Waals surface area contributed by atoms with Gasteiger partial charge in [0.05, 0.1) is 44.6 Å². The maximum absolute atomic E-state index is 10.5. The van der Waals surface area contributed by atoms with Gasteiger partial charge in [-0.05, 0) is 95.8 Å². The van der Waals surface area contributed by atoms with Gasteiger partial charge < -0.3 is 9.13 Å². The third-order valence-electron chi connectivity index (χ3n) is 11.1. The van der Waals surface area contributed by atoms with Crippen LogP contribution in [-0.4, -0.2) is 9.13 Å². The van der Waals surface area contributed by atoms with Crippen LogP contribution in [0.3, 0.4) is 0 Å². The van der Waals surface area contributed by atoms with Crippen LogP contribution in [-0.2, 0) is 0 Å². The highest BCUT2D eigenvalue weighted by Crippen LogP contribution is 2.39. The van der Waals surface area contributed by atoms with Crippen LogP contribution < -0.4 is 0 Å². The fourth-order valence-electron chi connectivity index (χ4n) is 8.45. The maximum Gasteiger partial charge on any atom is 0.101 e. The second-order valence-corrected chi connectivity index (χ2v) is 14.6. The minimum Gasteiger partial charge on any atom is -0.308 e. The molecule has 0 aliphatic carbocycles. The topological polar surface area (TPSA) is 57.4 Å². The number of para-hydroxylation sites is 2. The van der Waals surface area contributed by atoms with Gasteiger partial charge in [0.2, 0.25) is 0 Å². The van der Waals surface area contributed by atoms with E-state index >= 15 is 0 Å². The molecule has 0 radical (unpaired) electrons. The Bertz CT molecular complexity index is 3080. The molecule has 4 heteroatoms. The largest absolute Gasteiger partial charge is 0.308 e. The molecule has 0 atom stereocenters. The molecule has 0 unspecified atom stereocenters. The maximum atomic E-state index is 10.5. The number of benzene rings is 8. The van der Waals surface area contributed by atoms with Crippen LogP contribution in [0.15, 0.2) is 170 Å². The molecule has 0 saturated heterocycles. The zero-order chi connectivity index (χ0) is 37.9. The first kappa shape index (κ1) is 32.9. The van der Waals surface area contributed by atoms with E-state index in [1.54, 1.807) is 0 Å². The molecule has 0 amide bonds. The van der Waals surface area contributed by atoms with Crippen molar-refractivity contribution in [2.45, 2.75) is 13.8 Å². The number of nitrogens with zero attached hydrogens (tertiary/aromatic N) is 4. The number of hydrogen-bond donors (Lipinski definition) is 0. The molecule has 262 valence electrons. The zero-order valence-corrected chi connectivity index (χ0v) is 31.0. The van der Waals surface area contributed by atoms with Gasteiger partial charge in [0.25, 0.3) is 0 Å². The number of fused-ring (bicyclic) bond motifs is 6. The number of aryl methyl sites for hydroxylation is 2. The van der Waals surface area contributed by atoms with Crippen molar-refractivity contribution in [1.82, 2.24) is 9.13 Å². The summed E-state index contributed by atoms with van der Waals surface area (Å²) in [5, 5.41) is 25.6. The van der Waals surface area contributed by atoms with Crippen LogP contribution in [0.5, 0.6) is 0 Å². The van der Waals surface area contributed by atoms with E-state index in [4.69, 9.17) is 0 Å². The Hall–Kier alpha value is -7.66. The molecule has 0 aliphatic heterocycles. The molecule has 0 fully saturated rings. The molecule has 2 aromatic heterocycles. The molecule has 4 nitrogen and oxygen atoms in total. The lowest BCUT2D eigenvalue weighted by atomic mass is 9.99. The van der Waals surface area contributed by atoms with Crippen molar-refractivity contribution < 1.29 is 0 Å². The number of aromatic nitrogens is 2. The van der Waals surface area contributed by atoms with Gasteiger partial charge in [-0.3, -0.25) is 0 Å². The summed E-state index contributed by atoms with van der Waals surface area (Å²) >= 11 is 0. The van der Waals surface area contributed by atoms with Crippen molar-refractivity contribution in [3.8, 4) is 56.9 Å². The van der Waals surface area contributed by atoms with Gasteiger partial charge in [0.1, 0.15) is 12.1 Å². The predicted molar refractivity (Wildman–Crippen MR) is 230 cm³/mol. The fourth-order valence-corrected chi connectivity index (χ4v) is 8.45. The average Bonchev–Trinajstić information content (AvgIpc) is 3.75. The Morgan fingerprint density at radius 3 is 1.14 bits per heavy atom. The van der Waals surface area contributed by atoms with Crippen LogP contribution in [0.4, 0.5) is 0 Å². The number of rotatable bonds is 5. The van der Waals surface area contributed by atoms with E-state index in [2.05, 4.69) is 181 Å². The van der Waals surface area contributed by atoms with Crippen LogP contribution >= 0.6 is 0 Å². The first-order valence-electron chi connectivity index (χ1n) is 18.8. The monoisotopic (exact) mass is 714 g/mol. The highest BCUT2D eigenvalue weighted by Gasteiger charge is 2.19. The van der Waals surface area contributed by atoms with E-state index in [0.717, 1.165) is 88.4 Å². The molecule has 0 spiro atoms. The molecule has 0 aliphatic rings. The van der Waals surface area contributed by atoms with Gasteiger partial charge in [0.15, 0.2) is 0 Å². The minimum absolute atomic E-state index is 0.581. The summed E-state index contributed by atoms with van der Waals surface area (Å²) in [4.78, 5) is 0.